The van der Waals surface area contributed by atoms with Crippen molar-refractivity contribution < 1.29 is 9.59 Å². The number of piperazine rings is 1. The molecule has 1 N–H and O–H groups in total. The molecule has 3 aliphatic rings. The van der Waals surface area contributed by atoms with Crippen molar-refractivity contribution in [1.82, 2.24) is 15.1 Å². The average Bonchev–Trinajstić information content (AvgIpc) is 3.48. The first-order chi connectivity index (χ1) is 13.2. The number of carbonyl (C=O) groups is 2. The molecule has 2 aliphatic carbocycles. The summed E-state index contributed by atoms with van der Waals surface area (Å²) in [4.78, 5) is 30.0. The van der Waals surface area contributed by atoms with Crippen LogP contribution in [-0.2, 0) is 0 Å². The zero-order chi connectivity index (χ0) is 18.6. The molecule has 1 aliphatic heterocycles. The number of hydrogen-bond donors (Lipinski definition) is 1. The van der Waals surface area contributed by atoms with E-state index in [0.29, 0.717) is 44.1 Å². The minimum absolute atomic E-state index is 0.0852. The quantitative estimate of drug-likeness (QED) is 0.847. The van der Waals surface area contributed by atoms with Crippen LogP contribution in [-0.4, -0.2) is 54.0 Å². The highest BCUT2D eigenvalue weighted by Gasteiger charge is 2.35. The fourth-order valence-electron chi connectivity index (χ4n) is 5.16. The first-order valence-corrected chi connectivity index (χ1v) is 11.5. The van der Waals surface area contributed by atoms with Crippen LogP contribution >= 0.6 is 11.3 Å². The van der Waals surface area contributed by atoms with Gasteiger partial charge in [-0.25, -0.2) is 4.79 Å². The second kappa shape index (κ2) is 8.63. The van der Waals surface area contributed by atoms with Gasteiger partial charge in [-0.3, -0.25) is 4.79 Å². The number of thiophene rings is 1. The van der Waals surface area contributed by atoms with Crippen molar-refractivity contribution in [3.8, 4) is 0 Å². The Morgan fingerprint density at radius 2 is 1.48 bits per heavy atom. The van der Waals surface area contributed by atoms with Crippen LogP contribution in [0.1, 0.15) is 61.0 Å². The number of carbonyl (C=O) groups excluding carboxylic acids is 2. The van der Waals surface area contributed by atoms with Gasteiger partial charge in [-0.1, -0.05) is 31.7 Å². The number of hydrogen-bond acceptors (Lipinski definition) is 3. The molecule has 1 aromatic rings. The summed E-state index contributed by atoms with van der Waals surface area (Å²) in [6.45, 7) is 2.51. The molecule has 0 radical (unpaired) electrons. The summed E-state index contributed by atoms with van der Waals surface area (Å²) < 4.78 is 0. The molecule has 27 heavy (non-hydrogen) atoms. The van der Waals surface area contributed by atoms with E-state index in [-0.39, 0.29) is 11.9 Å². The smallest absolute Gasteiger partial charge is 0.317 e. The van der Waals surface area contributed by atoms with Crippen LogP contribution in [0.2, 0.25) is 0 Å². The SMILES string of the molecule is O=C(NC(C1CCCC1)C1CCCC1)N1CCN(C(=O)c2cccs2)CC1. The lowest BCUT2D eigenvalue weighted by atomic mass is 9.86. The zero-order valence-electron chi connectivity index (χ0n) is 16.1. The van der Waals surface area contributed by atoms with E-state index in [2.05, 4.69) is 5.32 Å². The third kappa shape index (κ3) is 4.31. The molecule has 0 atom stereocenters. The van der Waals surface area contributed by atoms with E-state index in [1.165, 1.54) is 62.7 Å². The molecule has 2 saturated carbocycles. The Kier molecular flexibility index (Phi) is 6.01. The maximum atomic E-state index is 12.9. The first-order valence-electron chi connectivity index (χ1n) is 10.6. The van der Waals surface area contributed by atoms with Gasteiger partial charge in [-0.2, -0.15) is 0 Å². The molecule has 0 spiro atoms. The van der Waals surface area contributed by atoms with Crippen molar-refractivity contribution in [2.24, 2.45) is 11.8 Å². The number of nitrogens with zero attached hydrogens (tertiary/aromatic N) is 2. The summed E-state index contributed by atoms with van der Waals surface area (Å²) in [7, 11) is 0. The van der Waals surface area contributed by atoms with E-state index >= 15 is 0 Å². The second-order valence-electron chi connectivity index (χ2n) is 8.32. The fourth-order valence-corrected chi connectivity index (χ4v) is 5.85. The molecule has 3 fully saturated rings. The summed E-state index contributed by atoms with van der Waals surface area (Å²) in [6.07, 6.45) is 10.3. The third-order valence-electron chi connectivity index (χ3n) is 6.69. The molecule has 0 unspecified atom stereocenters. The minimum atomic E-state index is 0.0852. The number of amides is 3. The summed E-state index contributed by atoms with van der Waals surface area (Å²) in [5, 5.41) is 5.36. The van der Waals surface area contributed by atoms with Gasteiger partial charge >= 0.3 is 6.03 Å². The first kappa shape index (κ1) is 18.8. The lowest BCUT2D eigenvalue weighted by Gasteiger charge is -2.37. The topological polar surface area (TPSA) is 52.7 Å². The van der Waals surface area contributed by atoms with Gasteiger partial charge < -0.3 is 15.1 Å². The lowest BCUT2D eigenvalue weighted by molar-refractivity contribution is 0.0664. The zero-order valence-corrected chi connectivity index (χ0v) is 16.9. The van der Waals surface area contributed by atoms with Crippen LogP contribution < -0.4 is 5.32 Å². The van der Waals surface area contributed by atoms with Crippen molar-refractivity contribution in [1.29, 1.82) is 0 Å². The van der Waals surface area contributed by atoms with E-state index < -0.39 is 0 Å². The average molecular weight is 390 g/mol. The summed E-state index contributed by atoms with van der Waals surface area (Å²) in [5.74, 6) is 1.43. The Morgan fingerprint density at radius 1 is 0.926 bits per heavy atom. The molecule has 1 aromatic heterocycles. The molecule has 2 heterocycles. The highest BCUT2D eigenvalue weighted by Crippen LogP contribution is 2.37. The van der Waals surface area contributed by atoms with Crippen LogP contribution in [0.15, 0.2) is 17.5 Å². The standard InChI is InChI=1S/C21H31N3O2S/c25-20(18-10-5-15-27-18)23-11-13-24(14-12-23)21(26)22-19(16-6-1-2-7-16)17-8-3-4-9-17/h5,10,15-17,19H,1-4,6-9,11-14H2,(H,22,26). The van der Waals surface area contributed by atoms with Gasteiger partial charge in [0.2, 0.25) is 0 Å². The van der Waals surface area contributed by atoms with Crippen molar-refractivity contribution in [3.63, 3.8) is 0 Å². The van der Waals surface area contributed by atoms with E-state index in [0.717, 1.165) is 4.88 Å². The summed E-state index contributed by atoms with van der Waals surface area (Å²) in [6, 6.07) is 4.23. The molecule has 148 valence electrons. The Bertz CT molecular complexity index is 612. The summed E-state index contributed by atoms with van der Waals surface area (Å²) >= 11 is 1.48. The van der Waals surface area contributed by atoms with Crippen LogP contribution in [0.3, 0.4) is 0 Å². The van der Waals surface area contributed by atoms with Gasteiger partial charge in [-0.15, -0.1) is 11.3 Å². The molecule has 1 saturated heterocycles. The Labute approximate surface area is 166 Å². The molecule has 0 aromatic carbocycles. The van der Waals surface area contributed by atoms with Crippen LogP contribution in [0, 0.1) is 11.8 Å². The van der Waals surface area contributed by atoms with Gasteiger partial charge in [0.15, 0.2) is 0 Å². The predicted octanol–water partition coefficient (Wildman–Crippen LogP) is 3.96. The van der Waals surface area contributed by atoms with E-state index in [9.17, 15) is 9.59 Å². The molecule has 5 nitrogen and oxygen atoms in total. The van der Waals surface area contributed by atoms with Gasteiger partial charge in [0.05, 0.1) is 4.88 Å². The highest BCUT2D eigenvalue weighted by molar-refractivity contribution is 7.12. The van der Waals surface area contributed by atoms with E-state index in [4.69, 9.17) is 0 Å². The molecule has 4 rings (SSSR count). The van der Waals surface area contributed by atoms with Gasteiger partial charge in [0, 0.05) is 32.2 Å². The molecular formula is C21H31N3O2S. The Balaban J connectivity index is 1.32. The minimum Gasteiger partial charge on any atom is -0.335 e. The van der Waals surface area contributed by atoms with E-state index in [1.54, 1.807) is 0 Å². The number of urea groups is 1. The van der Waals surface area contributed by atoms with Crippen LogP contribution in [0.5, 0.6) is 0 Å². The van der Waals surface area contributed by atoms with Crippen molar-refractivity contribution in [3.05, 3.63) is 22.4 Å². The maximum Gasteiger partial charge on any atom is 0.317 e. The van der Waals surface area contributed by atoms with Crippen molar-refractivity contribution in [2.45, 2.75) is 57.4 Å². The summed E-state index contributed by atoms with van der Waals surface area (Å²) in [5.41, 5.74) is 0. The maximum absolute atomic E-state index is 12.9. The Hall–Kier alpha value is -1.56. The van der Waals surface area contributed by atoms with Crippen molar-refractivity contribution in [2.75, 3.05) is 26.2 Å². The van der Waals surface area contributed by atoms with Crippen LogP contribution in [0.25, 0.3) is 0 Å². The largest absolute Gasteiger partial charge is 0.335 e. The lowest BCUT2D eigenvalue weighted by Crippen LogP contribution is -2.56. The second-order valence-corrected chi connectivity index (χ2v) is 9.27. The number of nitrogens with one attached hydrogen (secondary N) is 1. The fraction of sp³-hybridized carbons (Fsp3) is 0.714. The van der Waals surface area contributed by atoms with Gasteiger partial charge in [0.25, 0.3) is 5.91 Å². The molecular weight excluding hydrogens is 358 g/mol. The molecule has 0 bridgehead atoms. The Morgan fingerprint density at radius 3 is 2.00 bits per heavy atom. The van der Waals surface area contributed by atoms with Crippen molar-refractivity contribution >= 4 is 23.3 Å². The highest BCUT2D eigenvalue weighted by atomic mass is 32.1. The third-order valence-corrected chi connectivity index (χ3v) is 7.55. The number of rotatable bonds is 4. The van der Waals surface area contributed by atoms with E-state index in [1.807, 2.05) is 27.3 Å². The van der Waals surface area contributed by atoms with Gasteiger partial charge in [0.1, 0.15) is 0 Å². The van der Waals surface area contributed by atoms with Gasteiger partial charge in [-0.05, 0) is 49.0 Å². The monoisotopic (exact) mass is 389 g/mol. The normalized spacial score (nSPS) is 22.0. The predicted molar refractivity (Wildman–Crippen MR) is 108 cm³/mol. The molecule has 3 amide bonds. The molecule has 6 heteroatoms. The van der Waals surface area contributed by atoms with Crippen LogP contribution in [0.4, 0.5) is 4.79 Å².